The van der Waals surface area contributed by atoms with Crippen LogP contribution in [0.1, 0.15) is 41.5 Å². The second kappa shape index (κ2) is 9.43. The van der Waals surface area contributed by atoms with E-state index in [0.29, 0.717) is 0 Å². The fourth-order valence-corrected chi connectivity index (χ4v) is 6.62. The van der Waals surface area contributed by atoms with E-state index in [9.17, 15) is 0 Å². The number of benzene rings is 1. The Balaban J connectivity index is 0. The summed E-state index contributed by atoms with van der Waals surface area (Å²) in [6.45, 7) is 14.0. The summed E-state index contributed by atoms with van der Waals surface area (Å²) in [4.78, 5) is 0. The summed E-state index contributed by atoms with van der Waals surface area (Å²) in [5.74, 6) is 1.03. The van der Waals surface area contributed by atoms with Gasteiger partial charge in [-0.1, -0.05) is 67.7 Å². The summed E-state index contributed by atoms with van der Waals surface area (Å²) in [7, 11) is 1.47. The average Bonchev–Trinajstić information content (AvgIpc) is 2.28. The molecule has 0 saturated heterocycles. The van der Waals surface area contributed by atoms with Crippen molar-refractivity contribution in [2.45, 2.75) is 51.9 Å². The van der Waals surface area contributed by atoms with Gasteiger partial charge in [0.1, 0.15) is 5.75 Å². The third-order valence-electron chi connectivity index (χ3n) is 2.67. The van der Waals surface area contributed by atoms with Crippen molar-refractivity contribution >= 4 is 24.8 Å². The molecule has 1 rings (SSSR count). The molecule has 20 heavy (non-hydrogen) atoms. The Morgan fingerprint density at radius 1 is 0.950 bits per heavy atom. The van der Waals surface area contributed by atoms with Gasteiger partial charge >= 0.3 is 0 Å². The van der Waals surface area contributed by atoms with Crippen LogP contribution in [0.15, 0.2) is 24.3 Å². The molecule has 0 aliphatic heterocycles. The first-order chi connectivity index (χ1) is 8.68. The number of hydrogen-bond donors (Lipinski definition) is 0. The molecule has 0 N–H and O–H groups in total. The van der Waals surface area contributed by atoms with Gasteiger partial charge in [0.05, 0.1) is 7.11 Å². The summed E-state index contributed by atoms with van der Waals surface area (Å²) in [6.07, 6.45) is 2.72. The van der Waals surface area contributed by atoms with Crippen molar-refractivity contribution in [2.24, 2.45) is 0 Å². The van der Waals surface area contributed by atoms with E-state index >= 15 is 0 Å². The van der Waals surface area contributed by atoms with Gasteiger partial charge in [0.15, 0.2) is 0 Å². The zero-order chi connectivity index (χ0) is 15.3. The van der Waals surface area contributed by atoms with Crippen LogP contribution in [0.4, 0.5) is 0 Å². The van der Waals surface area contributed by atoms with Gasteiger partial charge in [-0.2, -0.15) is 0 Å². The molecule has 1 aromatic rings. The van der Waals surface area contributed by atoms with Gasteiger partial charge in [-0.25, -0.2) is 0 Å². The normalized spacial score (nSPS) is 11.3. The van der Waals surface area contributed by atoms with Crippen LogP contribution in [0, 0.1) is 6.38 Å². The van der Waals surface area contributed by atoms with E-state index in [4.69, 9.17) is 4.74 Å². The largest absolute Gasteiger partial charge is 0.496 e. The third-order valence-corrected chi connectivity index (χ3v) is 6.20. The van der Waals surface area contributed by atoms with E-state index in [1.165, 1.54) is 5.30 Å². The van der Waals surface area contributed by atoms with Crippen LogP contribution in [0.3, 0.4) is 0 Å². The molecule has 0 bridgehead atoms. The average molecular weight is 408 g/mol. The van der Waals surface area contributed by atoms with Crippen molar-refractivity contribution in [3.63, 3.8) is 0 Å². The monoisotopic (exact) mass is 407 g/mol. The molecule has 0 amide bonds. The maximum Gasteiger partial charge on any atom is 0.126 e. The second-order valence-electron chi connectivity index (χ2n) is 6.35. The summed E-state index contributed by atoms with van der Waals surface area (Å²) < 4.78 is 5.53. The molecule has 0 aliphatic carbocycles. The zero-order valence-corrected chi connectivity index (χ0v) is 16.8. The Hall–Kier alpha value is 0.402. The summed E-state index contributed by atoms with van der Waals surface area (Å²) in [6, 6.07) is 8.45. The SMILES string of the molecule is COc1ccccc1P(C(C)(C)C)C(C)(C)C.[CH2-]Cl.[Pd]. The molecule has 0 atom stereocenters. The van der Waals surface area contributed by atoms with Crippen LogP contribution in [0.2, 0.25) is 0 Å². The molecule has 120 valence electrons. The van der Waals surface area contributed by atoms with Gasteiger partial charge in [-0.05, 0) is 16.4 Å². The van der Waals surface area contributed by atoms with E-state index in [2.05, 4.69) is 77.7 Å². The second-order valence-corrected chi connectivity index (χ2v) is 10.2. The number of rotatable bonds is 2. The first-order valence-electron chi connectivity index (χ1n) is 6.38. The molecule has 0 unspecified atom stereocenters. The van der Waals surface area contributed by atoms with Gasteiger partial charge in [0.25, 0.3) is 0 Å². The topological polar surface area (TPSA) is 9.23 Å². The quantitative estimate of drug-likeness (QED) is 0.361. The predicted molar refractivity (Wildman–Crippen MR) is 90.3 cm³/mol. The van der Waals surface area contributed by atoms with Crippen LogP contribution in [0.25, 0.3) is 0 Å². The van der Waals surface area contributed by atoms with Crippen LogP contribution in [-0.4, -0.2) is 17.4 Å². The molecule has 1 aromatic carbocycles. The molecule has 1 nitrogen and oxygen atoms in total. The Bertz CT molecular complexity index is 369. The van der Waals surface area contributed by atoms with E-state index in [-0.39, 0.29) is 38.7 Å². The number of halogens is 1. The standard InChI is InChI=1S/C15H25OP.CH2Cl.Pd/c1-14(2,3)17(15(4,5)6)13-11-9-8-10-12(13)16-7;1-2;/h8-11H,1-7H3;1H2;/q;-1;. The van der Waals surface area contributed by atoms with Gasteiger partial charge in [0, 0.05) is 25.7 Å². The van der Waals surface area contributed by atoms with Crippen molar-refractivity contribution in [3.05, 3.63) is 30.6 Å². The Morgan fingerprint density at radius 3 is 1.70 bits per heavy atom. The summed E-state index contributed by atoms with van der Waals surface area (Å²) >= 11 is 4.39. The van der Waals surface area contributed by atoms with Crippen molar-refractivity contribution in [3.8, 4) is 5.75 Å². The number of methoxy groups -OCH3 is 1. The molecular weight excluding hydrogens is 381 g/mol. The Kier molecular flexibility index (Phi) is 10.7. The van der Waals surface area contributed by atoms with Gasteiger partial charge in [0.2, 0.25) is 0 Å². The van der Waals surface area contributed by atoms with Gasteiger partial charge in [-0.15, -0.1) is 0 Å². The smallest absolute Gasteiger partial charge is 0.126 e. The summed E-state index contributed by atoms with van der Waals surface area (Å²) in [5, 5.41) is 1.94. The minimum atomic E-state index is -0.289. The first kappa shape index (κ1) is 22.7. The first-order valence-corrected chi connectivity index (χ1v) is 8.25. The predicted octanol–water partition coefficient (Wildman–Crippen LogP) is 5.41. The number of para-hydroxylation sites is 1. The number of ether oxygens (including phenoxy) is 1. The van der Waals surface area contributed by atoms with Crippen LogP contribution < -0.4 is 10.0 Å². The van der Waals surface area contributed by atoms with E-state index in [0.717, 1.165) is 5.75 Å². The molecular formula is C16H27ClOPPd-. The molecule has 0 saturated carbocycles. The zero-order valence-electron chi connectivity index (χ0n) is 13.6. The molecule has 0 aliphatic rings. The molecule has 4 heteroatoms. The van der Waals surface area contributed by atoms with Crippen molar-refractivity contribution in [1.82, 2.24) is 0 Å². The maximum atomic E-state index is 5.53. The van der Waals surface area contributed by atoms with Gasteiger partial charge in [-0.3, -0.25) is 6.38 Å². The molecule has 0 radical (unpaired) electrons. The molecule has 0 aromatic heterocycles. The van der Waals surface area contributed by atoms with Crippen molar-refractivity contribution in [1.29, 1.82) is 0 Å². The summed E-state index contributed by atoms with van der Waals surface area (Å²) in [5.41, 5.74) is 0. The van der Waals surface area contributed by atoms with Crippen LogP contribution in [-0.2, 0) is 20.4 Å². The molecule has 0 fully saturated rings. The van der Waals surface area contributed by atoms with Crippen molar-refractivity contribution < 1.29 is 25.2 Å². The Morgan fingerprint density at radius 2 is 1.35 bits per heavy atom. The number of hydrogen-bond acceptors (Lipinski definition) is 1. The van der Waals surface area contributed by atoms with Gasteiger partial charge < -0.3 is 16.3 Å². The van der Waals surface area contributed by atoms with Crippen molar-refractivity contribution in [2.75, 3.05) is 7.11 Å². The van der Waals surface area contributed by atoms with Crippen LogP contribution in [0.5, 0.6) is 5.75 Å². The fraction of sp³-hybridized carbons (Fsp3) is 0.562. The van der Waals surface area contributed by atoms with E-state index < -0.39 is 0 Å². The maximum absolute atomic E-state index is 5.53. The fourth-order valence-electron chi connectivity index (χ4n) is 2.54. The minimum Gasteiger partial charge on any atom is -0.496 e. The molecule has 0 heterocycles. The Labute approximate surface area is 145 Å². The van der Waals surface area contributed by atoms with E-state index in [1.807, 2.05) is 6.07 Å². The van der Waals surface area contributed by atoms with E-state index in [1.54, 1.807) is 7.11 Å². The minimum absolute atomic E-state index is 0. The third kappa shape index (κ3) is 6.45. The molecule has 0 spiro atoms. The van der Waals surface area contributed by atoms with Crippen LogP contribution >= 0.6 is 19.5 Å².